The second-order valence-electron chi connectivity index (χ2n) is 1.78. The lowest BCUT2D eigenvalue weighted by molar-refractivity contribution is -0.112. The van der Waals surface area contributed by atoms with Crippen molar-refractivity contribution in [2.75, 3.05) is 7.05 Å². The highest BCUT2D eigenvalue weighted by molar-refractivity contribution is 6.38. The fourth-order valence-electron chi connectivity index (χ4n) is 0.582. The van der Waals surface area contributed by atoms with Crippen molar-refractivity contribution in [2.24, 2.45) is 10.7 Å². The molecule has 0 aliphatic rings. The van der Waals surface area contributed by atoms with Crippen LogP contribution in [0.3, 0.4) is 0 Å². The first-order valence-electron chi connectivity index (χ1n) is 2.97. The summed E-state index contributed by atoms with van der Waals surface area (Å²) in [6.07, 6.45) is 1.60. The summed E-state index contributed by atoms with van der Waals surface area (Å²) in [6, 6.07) is 0. The molecule has 0 aliphatic heterocycles. The zero-order valence-corrected chi connectivity index (χ0v) is 5.85. The molecule has 0 aromatic carbocycles. The van der Waals surface area contributed by atoms with Crippen LogP contribution >= 0.6 is 0 Å². The lowest BCUT2D eigenvalue weighted by Crippen LogP contribution is -2.22. The zero-order chi connectivity index (χ0) is 7.28. The molecule has 0 radical (unpaired) electrons. The molecule has 0 aromatic rings. The summed E-state index contributed by atoms with van der Waals surface area (Å²) in [4.78, 5) is 14.1. The Morgan fingerprint density at radius 3 is 2.33 bits per heavy atom. The van der Waals surface area contributed by atoms with Crippen LogP contribution in [0.25, 0.3) is 0 Å². The van der Waals surface area contributed by atoms with Crippen molar-refractivity contribution in [3.8, 4) is 0 Å². The van der Waals surface area contributed by atoms with Gasteiger partial charge in [-0.05, 0) is 6.42 Å². The number of hydrogen-bond acceptors (Lipinski definition) is 2. The van der Waals surface area contributed by atoms with Crippen LogP contribution in [-0.2, 0) is 4.79 Å². The third-order valence-corrected chi connectivity index (χ3v) is 1.04. The highest BCUT2D eigenvalue weighted by atomic mass is 16.1. The molecular formula is C6H12N2O. The number of rotatable bonds is 3. The Bertz CT molecular complexity index is 129. The van der Waals surface area contributed by atoms with E-state index in [2.05, 4.69) is 4.99 Å². The standard InChI is InChI=1S/C6H12N2O/c1-3-4-5(8-2)6(7)9/h3-4H2,1-2H3,(H2,7,9). The summed E-state index contributed by atoms with van der Waals surface area (Å²) in [6.45, 7) is 1.98. The number of nitrogens with two attached hydrogens (primary N) is 1. The summed E-state index contributed by atoms with van der Waals surface area (Å²) in [7, 11) is 1.58. The van der Waals surface area contributed by atoms with Crippen molar-refractivity contribution in [1.82, 2.24) is 0 Å². The van der Waals surface area contributed by atoms with Gasteiger partial charge in [-0.2, -0.15) is 0 Å². The number of primary amides is 1. The molecule has 0 fully saturated rings. The SMILES string of the molecule is CCCC(=NC)C(N)=O. The number of nitrogens with zero attached hydrogens (tertiary/aromatic N) is 1. The summed E-state index contributed by atoms with van der Waals surface area (Å²) in [5.41, 5.74) is 5.45. The molecule has 0 bridgehead atoms. The van der Waals surface area contributed by atoms with Gasteiger partial charge in [0.05, 0.1) is 5.71 Å². The third kappa shape index (κ3) is 2.85. The Labute approximate surface area is 55.0 Å². The number of hydrogen-bond donors (Lipinski definition) is 1. The van der Waals surface area contributed by atoms with Crippen LogP contribution in [0.15, 0.2) is 4.99 Å². The highest BCUT2D eigenvalue weighted by Crippen LogP contribution is 1.89. The molecule has 0 aromatic heterocycles. The molecule has 3 nitrogen and oxygen atoms in total. The number of carbonyl (C=O) groups is 1. The Hall–Kier alpha value is -0.860. The Balaban J connectivity index is 3.85. The molecule has 1 amide bonds. The summed E-state index contributed by atoms with van der Waals surface area (Å²) < 4.78 is 0. The largest absolute Gasteiger partial charge is 0.365 e. The van der Waals surface area contributed by atoms with Gasteiger partial charge in [-0.25, -0.2) is 0 Å². The van der Waals surface area contributed by atoms with Crippen LogP contribution in [0.1, 0.15) is 19.8 Å². The van der Waals surface area contributed by atoms with Gasteiger partial charge in [-0.3, -0.25) is 9.79 Å². The molecule has 2 N–H and O–H groups in total. The second kappa shape index (κ2) is 4.06. The van der Waals surface area contributed by atoms with Crippen molar-refractivity contribution in [1.29, 1.82) is 0 Å². The van der Waals surface area contributed by atoms with E-state index < -0.39 is 5.91 Å². The fourth-order valence-corrected chi connectivity index (χ4v) is 0.582. The number of aliphatic imine (C=N–C) groups is 1. The lowest BCUT2D eigenvalue weighted by Gasteiger charge is -1.94. The van der Waals surface area contributed by atoms with Gasteiger partial charge in [0, 0.05) is 7.05 Å². The first kappa shape index (κ1) is 8.14. The average Bonchev–Trinajstić information content (AvgIpc) is 1.82. The van der Waals surface area contributed by atoms with Gasteiger partial charge < -0.3 is 5.73 Å². The molecule has 9 heavy (non-hydrogen) atoms. The van der Waals surface area contributed by atoms with E-state index in [1.807, 2.05) is 6.92 Å². The van der Waals surface area contributed by atoms with Crippen LogP contribution in [0.5, 0.6) is 0 Å². The monoisotopic (exact) mass is 128 g/mol. The average molecular weight is 128 g/mol. The van der Waals surface area contributed by atoms with Crippen LogP contribution in [0.2, 0.25) is 0 Å². The maximum Gasteiger partial charge on any atom is 0.262 e. The first-order valence-corrected chi connectivity index (χ1v) is 2.97. The van der Waals surface area contributed by atoms with E-state index in [9.17, 15) is 4.79 Å². The lowest BCUT2D eigenvalue weighted by atomic mass is 10.2. The maximum absolute atomic E-state index is 10.4. The Kier molecular flexibility index (Phi) is 3.67. The fraction of sp³-hybridized carbons (Fsp3) is 0.667. The van der Waals surface area contributed by atoms with Crippen LogP contribution < -0.4 is 5.73 Å². The van der Waals surface area contributed by atoms with Gasteiger partial charge >= 0.3 is 0 Å². The van der Waals surface area contributed by atoms with Crippen LogP contribution in [0.4, 0.5) is 0 Å². The topological polar surface area (TPSA) is 55.4 Å². The summed E-state index contributed by atoms with van der Waals surface area (Å²) >= 11 is 0. The number of amides is 1. The molecule has 0 aliphatic carbocycles. The van der Waals surface area contributed by atoms with E-state index in [0.717, 1.165) is 6.42 Å². The van der Waals surface area contributed by atoms with E-state index in [1.54, 1.807) is 7.05 Å². The molecule has 0 atom stereocenters. The van der Waals surface area contributed by atoms with E-state index in [1.165, 1.54) is 0 Å². The number of carbonyl (C=O) groups excluding carboxylic acids is 1. The van der Waals surface area contributed by atoms with Gasteiger partial charge in [0.2, 0.25) is 0 Å². The van der Waals surface area contributed by atoms with Gasteiger partial charge in [-0.1, -0.05) is 13.3 Å². The maximum atomic E-state index is 10.4. The van der Waals surface area contributed by atoms with E-state index in [4.69, 9.17) is 5.73 Å². The van der Waals surface area contributed by atoms with Crippen molar-refractivity contribution in [2.45, 2.75) is 19.8 Å². The van der Waals surface area contributed by atoms with Gasteiger partial charge in [0.25, 0.3) is 5.91 Å². The normalized spacial score (nSPS) is 11.6. The van der Waals surface area contributed by atoms with Gasteiger partial charge in [0.1, 0.15) is 0 Å². The van der Waals surface area contributed by atoms with E-state index in [-0.39, 0.29) is 0 Å². The van der Waals surface area contributed by atoms with Gasteiger partial charge in [-0.15, -0.1) is 0 Å². The van der Waals surface area contributed by atoms with Crippen LogP contribution in [0, 0.1) is 0 Å². The first-order chi connectivity index (χ1) is 4.22. The van der Waals surface area contributed by atoms with Crippen molar-refractivity contribution < 1.29 is 4.79 Å². The molecule has 0 saturated heterocycles. The van der Waals surface area contributed by atoms with E-state index >= 15 is 0 Å². The minimum absolute atomic E-state index is 0.403. The summed E-state index contributed by atoms with van der Waals surface area (Å²) in [5, 5.41) is 0. The van der Waals surface area contributed by atoms with Crippen molar-refractivity contribution in [3.05, 3.63) is 0 Å². The molecule has 0 rings (SSSR count). The molecular weight excluding hydrogens is 116 g/mol. The van der Waals surface area contributed by atoms with E-state index in [0.29, 0.717) is 12.1 Å². The second-order valence-corrected chi connectivity index (χ2v) is 1.78. The zero-order valence-electron chi connectivity index (χ0n) is 5.85. The Morgan fingerprint density at radius 2 is 2.22 bits per heavy atom. The predicted octanol–water partition coefficient (Wildman–Crippen LogP) is 0.343. The predicted molar refractivity (Wildman–Crippen MR) is 37.5 cm³/mol. The molecule has 52 valence electrons. The van der Waals surface area contributed by atoms with Crippen LogP contribution in [-0.4, -0.2) is 18.7 Å². The minimum Gasteiger partial charge on any atom is -0.365 e. The molecule has 0 heterocycles. The summed E-state index contributed by atoms with van der Waals surface area (Å²) in [5.74, 6) is -0.403. The Morgan fingerprint density at radius 1 is 1.67 bits per heavy atom. The van der Waals surface area contributed by atoms with Crippen molar-refractivity contribution in [3.63, 3.8) is 0 Å². The smallest absolute Gasteiger partial charge is 0.262 e. The molecule has 3 heteroatoms. The highest BCUT2D eigenvalue weighted by Gasteiger charge is 2.01. The van der Waals surface area contributed by atoms with Crippen molar-refractivity contribution >= 4 is 11.6 Å². The molecule has 0 spiro atoms. The molecule has 0 unspecified atom stereocenters. The van der Waals surface area contributed by atoms with Gasteiger partial charge in [0.15, 0.2) is 0 Å². The quantitative estimate of drug-likeness (QED) is 0.547. The molecule has 0 saturated carbocycles. The third-order valence-electron chi connectivity index (χ3n) is 1.04. The minimum atomic E-state index is -0.403.